The molecule has 0 N–H and O–H groups in total. The zero-order valence-electron chi connectivity index (χ0n) is 60.8. The van der Waals surface area contributed by atoms with Gasteiger partial charge in [0.05, 0.1) is 19.3 Å². The zero-order chi connectivity index (χ0) is 70.7. The number of aryl methyl sites for hydroxylation is 1. The van der Waals surface area contributed by atoms with Gasteiger partial charge in [-0.1, -0.05) is 297 Å². The minimum Gasteiger partial charge on any atom is -0.494 e. The number of para-hydroxylation sites is 5. The summed E-state index contributed by atoms with van der Waals surface area (Å²) in [7, 11) is 0. The molecule has 0 saturated heterocycles. The summed E-state index contributed by atoms with van der Waals surface area (Å²) >= 11 is 6.01. The van der Waals surface area contributed by atoms with Crippen LogP contribution in [-0.4, -0.2) is 32.3 Å². The number of hydrogen-bond acceptors (Lipinski definition) is 5. The first-order valence-electron chi connectivity index (χ1n) is 32.1. The van der Waals surface area contributed by atoms with Crippen LogP contribution in [0.1, 0.15) is 224 Å². The molecule has 0 fully saturated rings. The largest absolute Gasteiger partial charge is 0.573 e. The molecular weight excluding hydrogens is 1180 g/mol. The second kappa shape index (κ2) is 37.4. The van der Waals surface area contributed by atoms with Gasteiger partial charge in [-0.15, -0.1) is 13.2 Å². The van der Waals surface area contributed by atoms with Crippen molar-refractivity contribution in [3.8, 4) is 28.7 Å². The van der Waals surface area contributed by atoms with Crippen LogP contribution < -0.4 is 23.7 Å². The fourth-order valence-corrected chi connectivity index (χ4v) is 9.72. The summed E-state index contributed by atoms with van der Waals surface area (Å²) in [5, 5.41) is 0.861. The van der Waals surface area contributed by atoms with Gasteiger partial charge in [0.1, 0.15) is 28.7 Å². The Morgan fingerprint density at radius 3 is 0.902 bits per heavy atom. The third-order valence-electron chi connectivity index (χ3n) is 13.7. The molecule has 0 heterocycles. The third-order valence-corrected chi connectivity index (χ3v) is 14.0. The molecule has 0 aliphatic heterocycles. The quantitative estimate of drug-likeness (QED) is 0.128. The molecule has 0 saturated carbocycles. The van der Waals surface area contributed by atoms with Crippen molar-refractivity contribution in [2.75, 3.05) is 13.2 Å². The Hall–Kier alpha value is -6.52. The monoisotopic (exact) mass is 1300 g/mol. The van der Waals surface area contributed by atoms with Gasteiger partial charge < -0.3 is 23.7 Å². The number of rotatable bonds is 10. The average Bonchev–Trinajstić information content (AvgIpc) is 0.927. The highest BCUT2D eigenvalue weighted by molar-refractivity contribution is 6.31. The molecule has 0 unspecified atom stereocenters. The first-order chi connectivity index (χ1) is 42.2. The van der Waals surface area contributed by atoms with Crippen LogP contribution in [0.3, 0.4) is 0 Å². The Kier molecular flexibility index (Phi) is 33.9. The molecule has 0 spiro atoms. The molecule has 510 valence electrons. The SMILES string of the molecule is CC(C)(C)c1ccccc1Cl.CC(C)(C)c1ccccc1OC(F)(F)F.CC(C)(C)c1ccccc1OC(F)F.CC(C)Oc1ccccc1C(C)(C)C.CCCOc1ccccc1C(C)(C)C.CCOc1ccccc1C(C)(C)C.Cc1ccccc1C(C)(C)C. The van der Waals surface area contributed by atoms with Crippen LogP contribution in [0.4, 0.5) is 22.0 Å². The van der Waals surface area contributed by atoms with Crippen LogP contribution in [0.15, 0.2) is 170 Å². The van der Waals surface area contributed by atoms with Crippen molar-refractivity contribution >= 4 is 11.6 Å². The maximum absolute atomic E-state index is 12.1. The molecule has 0 aromatic heterocycles. The Bertz CT molecular complexity index is 3070. The summed E-state index contributed by atoms with van der Waals surface area (Å²) < 4.78 is 85.8. The van der Waals surface area contributed by atoms with Crippen molar-refractivity contribution in [1.29, 1.82) is 0 Å². The van der Waals surface area contributed by atoms with E-state index in [-0.39, 0.29) is 55.5 Å². The lowest BCUT2D eigenvalue weighted by atomic mass is 9.84. The van der Waals surface area contributed by atoms with Crippen molar-refractivity contribution in [2.45, 2.75) is 243 Å². The normalized spacial score (nSPS) is 11.8. The molecule has 7 rings (SSSR count). The molecule has 92 heavy (non-hydrogen) atoms. The summed E-state index contributed by atoms with van der Waals surface area (Å²) in [5.41, 5.74) is 9.54. The Morgan fingerprint density at radius 2 is 0.620 bits per heavy atom. The predicted octanol–water partition coefficient (Wildman–Crippen LogP) is 25.3. The van der Waals surface area contributed by atoms with Crippen LogP contribution in [0.2, 0.25) is 5.02 Å². The summed E-state index contributed by atoms with van der Waals surface area (Å²) in [4.78, 5) is 0. The minimum atomic E-state index is -4.64. The van der Waals surface area contributed by atoms with Gasteiger partial charge in [-0.25, -0.2) is 0 Å². The number of halogens is 6. The van der Waals surface area contributed by atoms with Gasteiger partial charge in [0.15, 0.2) is 0 Å². The predicted molar refractivity (Wildman–Crippen MR) is 382 cm³/mol. The number of alkyl halides is 5. The molecule has 0 radical (unpaired) electrons. The summed E-state index contributed by atoms with van der Waals surface area (Å²) in [6.07, 6.45) is -3.35. The average molecular weight is 1300 g/mol. The number of benzene rings is 7. The van der Waals surface area contributed by atoms with Crippen LogP contribution in [0, 0.1) is 6.92 Å². The van der Waals surface area contributed by atoms with Gasteiger partial charge in [-0.3, -0.25) is 0 Å². The lowest BCUT2D eigenvalue weighted by Gasteiger charge is -2.23. The lowest BCUT2D eigenvalue weighted by Crippen LogP contribution is -2.21. The number of hydrogen-bond donors (Lipinski definition) is 0. The number of ether oxygens (including phenoxy) is 5. The molecule has 0 aliphatic rings. The Labute approximate surface area is 559 Å². The fraction of sp³-hybridized carbons (Fsp3) is 0.481. The van der Waals surface area contributed by atoms with Crippen LogP contribution in [-0.2, 0) is 37.9 Å². The van der Waals surface area contributed by atoms with Crippen LogP contribution in [0.5, 0.6) is 28.7 Å². The highest BCUT2D eigenvalue weighted by Crippen LogP contribution is 2.37. The van der Waals surface area contributed by atoms with Crippen molar-refractivity contribution in [1.82, 2.24) is 0 Å². The van der Waals surface area contributed by atoms with E-state index in [1.807, 2.05) is 103 Å². The first-order valence-corrected chi connectivity index (χ1v) is 32.5. The van der Waals surface area contributed by atoms with E-state index in [9.17, 15) is 22.0 Å². The summed E-state index contributed by atoms with van der Waals surface area (Å²) in [6, 6.07) is 54.4. The van der Waals surface area contributed by atoms with Gasteiger partial charge in [-0.05, 0) is 153 Å². The second-order valence-corrected chi connectivity index (χ2v) is 30.3. The van der Waals surface area contributed by atoms with E-state index >= 15 is 0 Å². The van der Waals surface area contributed by atoms with E-state index in [2.05, 4.69) is 214 Å². The smallest absolute Gasteiger partial charge is 0.494 e. The molecular formula is C81H114ClF5O5. The molecule has 0 amide bonds. The molecule has 0 bridgehead atoms. The van der Waals surface area contributed by atoms with Crippen molar-refractivity contribution in [3.05, 3.63) is 219 Å². The summed E-state index contributed by atoms with van der Waals surface area (Å²) in [6.45, 7) is 53.6. The maximum Gasteiger partial charge on any atom is 0.573 e. The second-order valence-electron chi connectivity index (χ2n) is 29.9. The van der Waals surface area contributed by atoms with Crippen molar-refractivity contribution in [3.63, 3.8) is 0 Å². The van der Waals surface area contributed by atoms with Crippen LogP contribution >= 0.6 is 11.6 Å². The zero-order valence-corrected chi connectivity index (χ0v) is 61.5. The summed E-state index contributed by atoms with van der Waals surface area (Å²) in [5.74, 6) is 3.18. The lowest BCUT2D eigenvalue weighted by molar-refractivity contribution is -0.275. The Morgan fingerprint density at radius 1 is 0.348 bits per heavy atom. The van der Waals surface area contributed by atoms with Crippen molar-refractivity contribution < 1.29 is 45.6 Å². The topological polar surface area (TPSA) is 46.2 Å². The highest BCUT2D eigenvalue weighted by Gasteiger charge is 2.33. The van der Waals surface area contributed by atoms with Gasteiger partial charge in [0.25, 0.3) is 0 Å². The van der Waals surface area contributed by atoms with Gasteiger partial charge in [0.2, 0.25) is 0 Å². The molecule has 7 aromatic rings. The Balaban J connectivity index is 0.000000538. The molecule has 0 aliphatic carbocycles. The molecule has 0 atom stereocenters. The standard InChI is InChI=1S/2C13H20O.C12H18O.C11H13F3O.C11H14F2O.C11H16.C10H13Cl/c1-10(2)14-12-9-7-6-8-11(12)13(3,4)5;1-5-10-14-12-9-7-6-8-11(12)13(2,3)4;1-5-13-11-9-7-6-8-10(11)12(2,3)4;1-10(2,3)8-6-4-5-7-9(8)15-11(12,13)14;1-11(2,3)8-6-4-5-7-9(8)14-10(12)13;1-9-7-5-6-8-10(9)11(2,3)4;1-10(2,3)8-6-4-5-7-9(8)11/h6-10H,1-5H3;6-9H,5,10H2,1-4H3;6-9H,5H2,1-4H3;4-7H,1-3H3;4-7,10H,1-3H3;5-8H,1-4H3;4-7H,1-3H3. The van der Waals surface area contributed by atoms with Gasteiger partial charge in [0, 0.05) is 5.02 Å². The third kappa shape index (κ3) is 32.4. The first kappa shape index (κ1) is 83.5. The van der Waals surface area contributed by atoms with E-state index < -0.39 is 13.0 Å². The van der Waals surface area contributed by atoms with E-state index in [1.165, 1.54) is 45.5 Å². The molecule has 7 aromatic carbocycles. The van der Waals surface area contributed by atoms with Crippen molar-refractivity contribution in [2.24, 2.45) is 0 Å². The van der Waals surface area contributed by atoms with E-state index in [0.29, 0.717) is 5.56 Å². The van der Waals surface area contributed by atoms with E-state index in [1.54, 1.807) is 30.3 Å². The van der Waals surface area contributed by atoms with Gasteiger partial charge in [-0.2, -0.15) is 8.78 Å². The fourth-order valence-electron chi connectivity index (χ4n) is 9.30. The maximum atomic E-state index is 12.1. The molecule has 5 nitrogen and oxygen atoms in total. The van der Waals surface area contributed by atoms with E-state index in [0.717, 1.165) is 47.5 Å². The van der Waals surface area contributed by atoms with Crippen LogP contribution in [0.25, 0.3) is 0 Å². The highest BCUT2D eigenvalue weighted by atomic mass is 35.5. The molecule has 11 heteroatoms. The van der Waals surface area contributed by atoms with Gasteiger partial charge >= 0.3 is 13.0 Å². The van der Waals surface area contributed by atoms with E-state index in [4.69, 9.17) is 25.8 Å². The minimum absolute atomic E-state index is 0.127.